The van der Waals surface area contributed by atoms with Crippen LogP contribution in [0.15, 0.2) is 40.4 Å². The summed E-state index contributed by atoms with van der Waals surface area (Å²) in [5.74, 6) is 0.139. The van der Waals surface area contributed by atoms with E-state index in [9.17, 15) is 4.79 Å². The van der Waals surface area contributed by atoms with Gasteiger partial charge in [-0.3, -0.25) is 10.1 Å². The van der Waals surface area contributed by atoms with E-state index in [1.807, 2.05) is 37.3 Å². The zero-order valence-electron chi connectivity index (χ0n) is 11.6. The number of rotatable bonds is 3. The second-order valence-electron chi connectivity index (χ2n) is 4.57. The minimum Gasteiger partial charge on any atom is -0.338 e. The summed E-state index contributed by atoms with van der Waals surface area (Å²) >= 11 is 1.30. The minimum atomic E-state index is -0.228. The van der Waals surface area contributed by atoms with Gasteiger partial charge in [-0.25, -0.2) is 4.98 Å². The molecule has 1 aromatic carbocycles. The highest BCUT2D eigenvalue weighted by molar-refractivity contribution is 7.12. The number of nitrogens with zero attached hydrogens (tertiary/aromatic N) is 2. The Morgan fingerprint density at radius 2 is 2.00 bits per heavy atom. The van der Waals surface area contributed by atoms with Crippen molar-refractivity contribution in [3.8, 4) is 11.3 Å². The average molecular weight is 299 g/mol. The maximum absolute atomic E-state index is 12.2. The zero-order chi connectivity index (χ0) is 14.8. The highest BCUT2D eigenvalue weighted by Crippen LogP contribution is 2.28. The van der Waals surface area contributed by atoms with Gasteiger partial charge < -0.3 is 4.52 Å². The topological polar surface area (TPSA) is 68.0 Å². The summed E-state index contributed by atoms with van der Waals surface area (Å²) in [4.78, 5) is 16.8. The molecule has 0 atom stereocenters. The van der Waals surface area contributed by atoms with Gasteiger partial charge in [0.2, 0.25) is 5.88 Å². The number of thiazole rings is 1. The number of hydrogen-bond donors (Lipinski definition) is 1. The van der Waals surface area contributed by atoms with Crippen LogP contribution in [0.3, 0.4) is 0 Å². The van der Waals surface area contributed by atoms with E-state index in [2.05, 4.69) is 15.5 Å². The fourth-order valence-electron chi connectivity index (χ4n) is 2.00. The van der Waals surface area contributed by atoms with Crippen LogP contribution >= 0.6 is 11.3 Å². The number of aryl methyl sites for hydroxylation is 1. The van der Waals surface area contributed by atoms with Crippen molar-refractivity contribution < 1.29 is 9.32 Å². The molecule has 0 saturated heterocycles. The molecule has 1 N–H and O–H groups in total. The lowest BCUT2D eigenvalue weighted by atomic mass is 10.1. The van der Waals surface area contributed by atoms with Gasteiger partial charge in [0.15, 0.2) is 0 Å². The molecule has 106 valence electrons. The molecule has 0 radical (unpaired) electrons. The summed E-state index contributed by atoms with van der Waals surface area (Å²) in [7, 11) is 0. The third kappa shape index (κ3) is 2.57. The number of carbonyl (C=O) groups is 1. The highest BCUT2D eigenvalue weighted by Gasteiger charge is 2.18. The number of hydrogen-bond acceptors (Lipinski definition) is 5. The van der Waals surface area contributed by atoms with Gasteiger partial charge in [-0.2, -0.15) is 0 Å². The Morgan fingerprint density at radius 3 is 2.67 bits per heavy atom. The standard InChI is InChI=1S/C15H13N3O2S/c1-9-12(11-6-4-3-5-7-11)18-20-15(9)17-14(19)13-10(2)16-8-21-13/h3-8H,1-2H3,(H,17,19). The van der Waals surface area contributed by atoms with Gasteiger partial charge in [0.25, 0.3) is 5.91 Å². The average Bonchev–Trinajstić information content (AvgIpc) is 3.07. The van der Waals surface area contributed by atoms with E-state index in [0.29, 0.717) is 16.5 Å². The molecule has 5 nitrogen and oxygen atoms in total. The van der Waals surface area contributed by atoms with Crippen molar-refractivity contribution in [2.75, 3.05) is 5.32 Å². The summed E-state index contributed by atoms with van der Waals surface area (Å²) in [5.41, 5.74) is 4.84. The first-order valence-electron chi connectivity index (χ1n) is 6.40. The van der Waals surface area contributed by atoms with Crippen LogP contribution in [-0.4, -0.2) is 16.0 Å². The second-order valence-corrected chi connectivity index (χ2v) is 5.43. The van der Waals surface area contributed by atoms with Crippen LogP contribution in [0.2, 0.25) is 0 Å². The summed E-state index contributed by atoms with van der Waals surface area (Å²) in [6, 6.07) is 9.70. The molecule has 0 fully saturated rings. The first kappa shape index (κ1) is 13.5. The lowest BCUT2D eigenvalue weighted by Crippen LogP contribution is -2.11. The molecule has 3 rings (SSSR count). The zero-order valence-corrected chi connectivity index (χ0v) is 12.4. The van der Waals surface area contributed by atoms with Crippen LogP contribution in [0, 0.1) is 13.8 Å². The third-order valence-corrected chi connectivity index (χ3v) is 4.08. The van der Waals surface area contributed by atoms with Crippen molar-refractivity contribution in [3.63, 3.8) is 0 Å². The largest absolute Gasteiger partial charge is 0.338 e. The Balaban J connectivity index is 1.87. The molecule has 0 aliphatic rings. The number of amides is 1. The molecule has 0 aliphatic carbocycles. The molecule has 6 heteroatoms. The monoisotopic (exact) mass is 299 g/mol. The van der Waals surface area contributed by atoms with Crippen LogP contribution in [0.4, 0.5) is 5.88 Å². The fraction of sp³-hybridized carbons (Fsp3) is 0.133. The summed E-state index contributed by atoms with van der Waals surface area (Å²) in [5, 5.41) is 6.79. The molecular formula is C15H13N3O2S. The van der Waals surface area contributed by atoms with Crippen molar-refractivity contribution >= 4 is 23.1 Å². The number of aromatic nitrogens is 2. The SMILES string of the molecule is Cc1ncsc1C(=O)Nc1onc(-c2ccccc2)c1C. The van der Waals surface area contributed by atoms with E-state index in [1.54, 1.807) is 12.4 Å². The summed E-state index contributed by atoms with van der Waals surface area (Å²) < 4.78 is 5.26. The summed E-state index contributed by atoms with van der Waals surface area (Å²) in [6.45, 7) is 3.67. The van der Waals surface area contributed by atoms with E-state index >= 15 is 0 Å². The lowest BCUT2D eigenvalue weighted by molar-refractivity contribution is 0.102. The van der Waals surface area contributed by atoms with Gasteiger partial charge in [0.05, 0.1) is 11.2 Å². The van der Waals surface area contributed by atoms with Crippen molar-refractivity contribution in [3.05, 3.63) is 52.0 Å². The molecule has 2 heterocycles. The molecule has 0 unspecified atom stereocenters. The predicted molar refractivity (Wildman–Crippen MR) is 81.5 cm³/mol. The molecule has 2 aromatic heterocycles. The van der Waals surface area contributed by atoms with Gasteiger partial charge in [-0.15, -0.1) is 11.3 Å². The smallest absolute Gasteiger partial charge is 0.270 e. The van der Waals surface area contributed by atoms with Gasteiger partial charge in [0, 0.05) is 11.1 Å². The van der Waals surface area contributed by atoms with Crippen molar-refractivity contribution in [1.82, 2.24) is 10.1 Å². The molecule has 0 spiro atoms. The molecule has 3 aromatic rings. The molecule has 0 bridgehead atoms. The molecule has 0 aliphatic heterocycles. The Kier molecular flexibility index (Phi) is 3.53. The van der Waals surface area contributed by atoms with Crippen molar-refractivity contribution in [2.24, 2.45) is 0 Å². The predicted octanol–water partition coefficient (Wildman–Crippen LogP) is 3.67. The number of nitrogens with one attached hydrogen (secondary N) is 1. The molecule has 0 saturated carbocycles. The van der Waals surface area contributed by atoms with E-state index in [0.717, 1.165) is 16.8 Å². The maximum atomic E-state index is 12.2. The van der Waals surface area contributed by atoms with E-state index in [4.69, 9.17) is 4.52 Å². The molecular weight excluding hydrogens is 286 g/mol. The maximum Gasteiger partial charge on any atom is 0.270 e. The van der Waals surface area contributed by atoms with Crippen LogP contribution in [0.25, 0.3) is 11.3 Å². The van der Waals surface area contributed by atoms with Gasteiger partial charge in [-0.05, 0) is 13.8 Å². The van der Waals surface area contributed by atoms with Crippen molar-refractivity contribution in [2.45, 2.75) is 13.8 Å². The lowest BCUT2D eigenvalue weighted by Gasteiger charge is -2.01. The molecule has 21 heavy (non-hydrogen) atoms. The first-order valence-corrected chi connectivity index (χ1v) is 7.28. The highest BCUT2D eigenvalue weighted by atomic mass is 32.1. The third-order valence-electron chi connectivity index (χ3n) is 3.15. The quantitative estimate of drug-likeness (QED) is 0.801. The number of benzene rings is 1. The normalized spacial score (nSPS) is 10.6. The van der Waals surface area contributed by atoms with Crippen molar-refractivity contribution in [1.29, 1.82) is 0 Å². The van der Waals surface area contributed by atoms with Gasteiger partial charge >= 0.3 is 0 Å². The van der Waals surface area contributed by atoms with Gasteiger partial charge in [0.1, 0.15) is 10.6 Å². The fourth-order valence-corrected chi connectivity index (χ4v) is 2.69. The second kappa shape index (κ2) is 5.49. The van der Waals surface area contributed by atoms with E-state index < -0.39 is 0 Å². The van der Waals surface area contributed by atoms with E-state index in [-0.39, 0.29) is 5.91 Å². The Bertz CT molecular complexity index is 777. The number of anilines is 1. The van der Waals surface area contributed by atoms with Crippen LogP contribution in [0.1, 0.15) is 20.9 Å². The Morgan fingerprint density at radius 1 is 1.24 bits per heavy atom. The van der Waals surface area contributed by atoms with Crippen LogP contribution < -0.4 is 5.32 Å². The van der Waals surface area contributed by atoms with Crippen LogP contribution in [-0.2, 0) is 0 Å². The minimum absolute atomic E-state index is 0.228. The first-order chi connectivity index (χ1) is 10.2. The summed E-state index contributed by atoms with van der Waals surface area (Å²) in [6.07, 6.45) is 0. The van der Waals surface area contributed by atoms with E-state index in [1.165, 1.54) is 11.3 Å². The number of carbonyl (C=O) groups excluding carboxylic acids is 1. The molecule has 1 amide bonds. The Hall–Kier alpha value is -2.47. The Labute approximate surface area is 125 Å². The van der Waals surface area contributed by atoms with Gasteiger partial charge in [-0.1, -0.05) is 35.5 Å². The van der Waals surface area contributed by atoms with Crippen LogP contribution in [0.5, 0.6) is 0 Å².